The number of nitrogens with zero attached hydrogens (tertiary/aromatic N) is 2. The molecule has 0 unspecified atom stereocenters. The number of hydrogen-bond acceptors (Lipinski definition) is 5. The minimum atomic E-state index is -0.610. The Kier molecular flexibility index (Phi) is 2.04. The number of rotatable bonds is 1. The molecule has 0 spiro atoms. The highest BCUT2D eigenvalue weighted by molar-refractivity contribution is 6.02. The average Bonchev–Trinajstić information content (AvgIpc) is 2.37. The van der Waals surface area contributed by atoms with Gasteiger partial charge in [0.15, 0.2) is 0 Å². The number of ether oxygens (including phenoxy) is 1. The first-order valence-corrected chi connectivity index (χ1v) is 5.00. The maximum Gasteiger partial charge on any atom is 0.439 e. The van der Waals surface area contributed by atoms with Gasteiger partial charge in [0, 0.05) is 17.6 Å². The van der Waals surface area contributed by atoms with Gasteiger partial charge >= 0.3 is 5.76 Å². The highest BCUT2D eigenvalue weighted by atomic mass is 16.5. The van der Waals surface area contributed by atoms with Crippen molar-refractivity contribution in [3.63, 3.8) is 0 Å². The molecule has 3 rings (SSSR count). The monoisotopic (exact) mass is 228 g/mol. The number of fused-ring (bicyclic) bond motifs is 3. The minimum Gasteiger partial charge on any atom is -0.497 e. The van der Waals surface area contributed by atoms with Gasteiger partial charge in [-0.05, 0) is 12.1 Å². The molecule has 0 bridgehead atoms. The second-order valence-corrected chi connectivity index (χ2v) is 3.56. The Morgan fingerprint density at radius 3 is 3.06 bits per heavy atom. The van der Waals surface area contributed by atoms with Crippen molar-refractivity contribution in [1.29, 1.82) is 0 Å². The summed E-state index contributed by atoms with van der Waals surface area (Å²) in [6.07, 6.45) is 2.98. The summed E-state index contributed by atoms with van der Waals surface area (Å²) in [7, 11) is 1.59. The van der Waals surface area contributed by atoms with Gasteiger partial charge in [0.1, 0.15) is 12.0 Å². The van der Waals surface area contributed by atoms with Crippen LogP contribution in [0.2, 0.25) is 0 Å². The van der Waals surface area contributed by atoms with E-state index in [1.807, 2.05) is 6.07 Å². The zero-order valence-corrected chi connectivity index (χ0v) is 9.01. The molecule has 0 N–H and O–H groups in total. The van der Waals surface area contributed by atoms with Crippen molar-refractivity contribution < 1.29 is 9.15 Å². The molecule has 0 saturated heterocycles. The number of benzene rings is 1. The number of aromatic nitrogens is 2. The molecule has 0 saturated carbocycles. The molecule has 84 valence electrons. The van der Waals surface area contributed by atoms with E-state index < -0.39 is 5.76 Å². The van der Waals surface area contributed by atoms with E-state index in [9.17, 15) is 4.79 Å². The lowest BCUT2D eigenvalue weighted by atomic mass is 10.1. The van der Waals surface area contributed by atoms with Crippen molar-refractivity contribution in [3.8, 4) is 5.75 Å². The predicted octanol–water partition coefficient (Wildman–Crippen LogP) is 1.74. The highest BCUT2D eigenvalue weighted by Crippen LogP contribution is 2.24. The lowest BCUT2D eigenvalue weighted by molar-refractivity contribution is 0.415. The van der Waals surface area contributed by atoms with E-state index >= 15 is 0 Å². The van der Waals surface area contributed by atoms with Crippen molar-refractivity contribution in [2.24, 2.45) is 0 Å². The molecule has 3 aromatic rings. The van der Waals surface area contributed by atoms with Crippen LogP contribution in [0.3, 0.4) is 0 Å². The van der Waals surface area contributed by atoms with Crippen LogP contribution in [0.4, 0.5) is 0 Å². The largest absolute Gasteiger partial charge is 0.497 e. The normalized spacial score (nSPS) is 10.9. The molecule has 0 atom stereocenters. The maximum atomic E-state index is 11.1. The second-order valence-electron chi connectivity index (χ2n) is 3.56. The van der Waals surface area contributed by atoms with Crippen LogP contribution < -0.4 is 10.5 Å². The van der Waals surface area contributed by atoms with Crippen LogP contribution in [0, 0.1) is 0 Å². The molecule has 0 amide bonds. The van der Waals surface area contributed by atoms with Crippen LogP contribution in [-0.4, -0.2) is 17.1 Å². The molecule has 0 aliphatic heterocycles. The summed E-state index contributed by atoms with van der Waals surface area (Å²) >= 11 is 0. The molecule has 1 aromatic carbocycles. The fraction of sp³-hybridized carbons (Fsp3) is 0.0833. The van der Waals surface area contributed by atoms with Gasteiger partial charge in [-0.2, -0.15) is 4.98 Å². The first-order valence-electron chi connectivity index (χ1n) is 5.00. The van der Waals surface area contributed by atoms with Gasteiger partial charge in [-0.3, -0.25) is 4.98 Å². The third-order valence-electron chi connectivity index (χ3n) is 2.57. The minimum absolute atomic E-state index is 0.592. The van der Waals surface area contributed by atoms with Gasteiger partial charge in [0.05, 0.1) is 23.5 Å². The molecule has 2 heterocycles. The van der Waals surface area contributed by atoms with Crippen LogP contribution in [-0.2, 0) is 0 Å². The zero-order valence-electron chi connectivity index (χ0n) is 9.01. The Bertz CT molecular complexity index is 764. The van der Waals surface area contributed by atoms with E-state index in [-0.39, 0.29) is 0 Å². The van der Waals surface area contributed by atoms with E-state index in [1.165, 1.54) is 6.26 Å². The van der Waals surface area contributed by atoms with Gasteiger partial charge in [0.2, 0.25) is 0 Å². The molecular formula is C12H8N2O3. The number of pyridine rings is 1. The molecule has 0 aliphatic rings. The van der Waals surface area contributed by atoms with Gasteiger partial charge in [-0.1, -0.05) is 0 Å². The van der Waals surface area contributed by atoms with Gasteiger partial charge in [-0.15, -0.1) is 0 Å². The first-order chi connectivity index (χ1) is 8.28. The predicted molar refractivity (Wildman–Crippen MR) is 62.1 cm³/mol. The van der Waals surface area contributed by atoms with Gasteiger partial charge < -0.3 is 9.15 Å². The van der Waals surface area contributed by atoms with Crippen molar-refractivity contribution >= 4 is 21.8 Å². The summed E-state index contributed by atoms with van der Waals surface area (Å²) in [4.78, 5) is 19.2. The maximum absolute atomic E-state index is 11.1. The Morgan fingerprint density at radius 2 is 2.24 bits per heavy atom. The second kappa shape index (κ2) is 3.55. The lowest BCUT2D eigenvalue weighted by Crippen LogP contribution is -2.03. The SMILES string of the molecule is COc1ccc2c(c1)ncc1coc(=O)nc12. The molecule has 5 nitrogen and oxygen atoms in total. The van der Waals surface area contributed by atoms with Crippen LogP contribution in [0.15, 0.2) is 39.9 Å². The summed E-state index contributed by atoms with van der Waals surface area (Å²) in [6, 6.07) is 5.43. The standard InChI is InChI=1S/C12H8N2O3/c1-16-8-2-3-9-10(4-8)13-5-7-6-17-12(15)14-11(7)9/h2-6H,1H3. The molecular weight excluding hydrogens is 220 g/mol. The molecule has 0 radical (unpaired) electrons. The lowest BCUT2D eigenvalue weighted by Gasteiger charge is -2.03. The molecule has 0 fully saturated rings. The van der Waals surface area contributed by atoms with E-state index in [0.717, 1.165) is 10.9 Å². The smallest absolute Gasteiger partial charge is 0.439 e. The highest BCUT2D eigenvalue weighted by Gasteiger charge is 2.05. The van der Waals surface area contributed by atoms with Crippen molar-refractivity contribution in [3.05, 3.63) is 41.2 Å². The zero-order chi connectivity index (χ0) is 11.8. The quantitative estimate of drug-likeness (QED) is 0.593. The molecule has 17 heavy (non-hydrogen) atoms. The summed E-state index contributed by atoms with van der Waals surface area (Å²) < 4.78 is 9.82. The fourth-order valence-corrected chi connectivity index (χ4v) is 1.74. The van der Waals surface area contributed by atoms with Gasteiger partial charge in [0.25, 0.3) is 0 Å². The van der Waals surface area contributed by atoms with Crippen LogP contribution in [0.1, 0.15) is 0 Å². The van der Waals surface area contributed by atoms with Gasteiger partial charge in [-0.25, -0.2) is 4.79 Å². The third kappa shape index (κ3) is 1.52. The van der Waals surface area contributed by atoms with E-state index in [4.69, 9.17) is 9.15 Å². The summed E-state index contributed by atoms with van der Waals surface area (Å²) in [5.41, 5.74) is 1.32. The van der Waals surface area contributed by atoms with Crippen molar-refractivity contribution in [2.75, 3.05) is 7.11 Å². The Hall–Kier alpha value is -2.43. The van der Waals surface area contributed by atoms with E-state index in [2.05, 4.69) is 9.97 Å². The Labute approximate surface area is 95.7 Å². The summed E-state index contributed by atoms with van der Waals surface area (Å²) in [5.74, 6) is 0.105. The summed E-state index contributed by atoms with van der Waals surface area (Å²) in [5, 5.41) is 1.50. The number of hydrogen-bond donors (Lipinski definition) is 0. The van der Waals surface area contributed by atoms with Crippen LogP contribution >= 0.6 is 0 Å². The van der Waals surface area contributed by atoms with Crippen LogP contribution in [0.5, 0.6) is 5.75 Å². The van der Waals surface area contributed by atoms with Crippen molar-refractivity contribution in [2.45, 2.75) is 0 Å². The Morgan fingerprint density at radius 1 is 1.35 bits per heavy atom. The van der Waals surface area contributed by atoms with E-state index in [1.54, 1.807) is 25.4 Å². The third-order valence-corrected chi connectivity index (χ3v) is 2.57. The Balaban J connectivity index is 2.46. The molecule has 0 aliphatic carbocycles. The number of methoxy groups -OCH3 is 1. The summed E-state index contributed by atoms with van der Waals surface area (Å²) in [6.45, 7) is 0. The van der Waals surface area contributed by atoms with Crippen molar-refractivity contribution in [1.82, 2.24) is 9.97 Å². The fourth-order valence-electron chi connectivity index (χ4n) is 1.74. The average molecular weight is 228 g/mol. The topological polar surface area (TPSA) is 65.2 Å². The molecule has 5 heteroatoms. The van der Waals surface area contributed by atoms with Crippen LogP contribution in [0.25, 0.3) is 21.8 Å². The molecule has 2 aromatic heterocycles. The first kappa shape index (κ1) is 9.77. The van der Waals surface area contributed by atoms with E-state index in [0.29, 0.717) is 16.7 Å².